The molecular weight excluding hydrogens is 733 g/mol. The number of esters is 3. The van der Waals surface area contributed by atoms with Gasteiger partial charge in [0.2, 0.25) is 0 Å². The van der Waals surface area contributed by atoms with Gasteiger partial charge in [0.1, 0.15) is 13.2 Å². The zero-order valence-electron chi connectivity index (χ0n) is 40.4. The molecule has 0 spiro atoms. The van der Waals surface area contributed by atoms with Crippen LogP contribution in [0.2, 0.25) is 0 Å². The molecule has 0 aliphatic carbocycles. The summed E-state index contributed by atoms with van der Waals surface area (Å²) in [5.41, 5.74) is 0. The molecule has 0 amide bonds. The van der Waals surface area contributed by atoms with Gasteiger partial charge in [-0.2, -0.15) is 0 Å². The minimum absolute atomic E-state index is 0.0639. The van der Waals surface area contributed by atoms with E-state index in [9.17, 15) is 14.4 Å². The molecule has 0 bridgehead atoms. The van der Waals surface area contributed by atoms with Gasteiger partial charge in [-0.1, -0.05) is 253 Å². The Morgan fingerprint density at radius 3 is 0.831 bits per heavy atom. The summed E-state index contributed by atoms with van der Waals surface area (Å²) in [5.74, 6) is 0.781. The molecular formula is C53H102O6. The molecule has 6 heteroatoms. The minimum Gasteiger partial charge on any atom is -0.462 e. The minimum atomic E-state index is -0.761. The lowest BCUT2D eigenvalue weighted by Gasteiger charge is -2.18. The number of hydrogen-bond acceptors (Lipinski definition) is 6. The zero-order chi connectivity index (χ0) is 43.3. The molecule has 0 aromatic carbocycles. The fourth-order valence-corrected chi connectivity index (χ4v) is 7.99. The lowest BCUT2D eigenvalue weighted by molar-refractivity contribution is -0.167. The first-order chi connectivity index (χ1) is 28.7. The Bertz CT molecular complexity index is 900. The van der Waals surface area contributed by atoms with Crippen LogP contribution in [0.25, 0.3) is 0 Å². The molecule has 0 saturated carbocycles. The molecule has 0 heterocycles. The lowest BCUT2D eigenvalue weighted by atomic mass is 10.0. The summed E-state index contributed by atoms with van der Waals surface area (Å²) in [6.07, 6.45) is 46.7. The summed E-state index contributed by atoms with van der Waals surface area (Å²) < 4.78 is 16.8. The average Bonchev–Trinajstić information content (AvgIpc) is 3.20. The Balaban J connectivity index is 4.25. The van der Waals surface area contributed by atoms with E-state index in [1.54, 1.807) is 0 Å². The van der Waals surface area contributed by atoms with Crippen LogP contribution in [0.15, 0.2) is 0 Å². The summed E-state index contributed by atoms with van der Waals surface area (Å²) in [7, 11) is 0. The van der Waals surface area contributed by atoms with E-state index in [1.807, 2.05) is 0 Å². The van der Waals surface area contributed by atoms with Gasteiger partial charge < -0.3 is 14.2 Å². The molecule has 0 aromatic rings. The van der Waals surface area contributed by atoms with Crippen molar-refractivity contribution in [2.75, 3.05) is 13.2 Å². The van der Waals surface area contributed by atoms with E-state index in [4.69, 9.17) is 14.2 Å². The van der Waals surface area contributed by atoms with Crippen LogP contribution in [-0.4, -0.2) is 37.2 Å². The molecule has 0 rings (SSSR count). The smallest absolute Gasteiger partial charge is 0.306 e. The highest BCUT2D eigenvalue weighted by molar-refractivity contribution is 5.71. The highest BCUT2D eigenvalue weighted by Gasteiger charge is 2.19. The molecule has 0 saturated heterocycles. The molecule has 0 aromatic heterocycles. The van der Waals surface area contributed by atoms with Crippen LogP contribution in [0.4, 0.5) is 0 Å². The predicted octanol–water partition coefficient (Wildman–Crippen LogP) is 16.9. The molecule has 0 radical (unpaired) electrons. The molecule has 0 aliphatic rings. The van der Waals surface area contributed by atoms with Crippen LogP contribution in [0.5, 0.6) is 0 Å². The Morgan fingerprint density at radius 2 is 0.559 bits per heavy atom. The SMILES string of the molecule is CCCCCCCCCCCCCCCC(=O)O[C@@H](COC(=O)CCCCCCCCCCCCCCCCCC(C)C)COC(=O)CCCCCCCCCC(C)C. The van der Waals surface area contributed by atoms with Crippen molar-refractivity contribution in [2.45, 2.75) is 298 Å². The number of hydrogen-bond donors (Lipinski definition) is 0. The van der Waals surface area contributed by atoms with Gasteiger partial charge in [0.05, 0.1) is 0 Å². The highest BCUT2D eigenvalue weighted by Crippen LogP contribution is 2.17. The largest absolute Gasteiger partial charge is 0.462 e. The molecule has 0 aliphatic heterocycles. The van der Waals surface area contributed by atoms with Crippen LogP contribution >= 0.6 is 0 Å². The molecule has 0 N–H and O–H groups in total. The first kappa shape index (κ1) is 57.4. The Kier molecular flexibility index (Phi) is 44.7. The van der Waals surface area contributed by atoms with Crippen LogP contribution in [0.1, 0.15) is 291 Å². The highest BCUT2D eigenvalue weighted by atomic mass is 16.6. The van der Waals surface area contributed by atoms with Crippen molar-refractivity contribution in [3.63, 3.8) is 0 Å². The van der Waals surface area contributed by atoms with Gasteiger partial charge in [-0.3, -0.25) is 14.4 Å². The lowest BCUT2D eigenvalue weighted by Crippen LogP contribution is -2.30. The number of rotatable bonds is 47. The molecule has 6 nitrogen and oxygen atoms in total. The van der Waals surface area contributed by atoms with Crippen molar-refractivity contribution in [3.8, 4) is 0 Å². The van der Waals surface area contributed by atoms with Crippen molar-refractivity contribution in [1.82, 2.24) is 0 Å². The normalized spacial score (nSPS) is 12.1. The van der Waals surface area contributed by atoms with E-state index in [2.05, 4.69) is 34.6 Å². The third-order valence-corrected chi connectivity index (χ3v) is 12.0. The number of ether oxygens (including phenoxy) is 3. The topological polar surface area (TPSA) is 78.9 Å². The third-order valence-electron chi connectivity index (χ3n) is 12.0. The van der Waals surface area contributed by atoms with E-state index < -0.39 is 6.10 Å². The first-order valence-corrected chi connectivity index (χ1v) is 26.2. The molecule has 350 valence electrons. The van der Waals surface area contributed by atoms with Crippen LogP contribution < -0.4 is 0 Å². The fourth-order valence-electron chi connectivity index (χ4n) is 7.99. The van der Waals surface area contributed by atoms with Crippen molar-refractivity contribution in [2.24, 2.45) is 11.8 Å². The van der Waals surface area contributed by atoms with Crippen LogP contribution in [-0.2, 0) is 28.6 Å². The van der Waals surface area contributed by atoms with E-state index >= 15 is 0 Å². The predicted molar refractivity (Wildman–Crippen MR) is 252 cm³/mol. The number of carbonyl (C=O) groups excluding carboxylic acids is 3. The van der Waals surface area contributed by atoms with Crippen molar-refractivity contribution < 1.29 is 28.6 Å². The standard InChI is InChI=1S/C53H102O6/c1-6-7-8-9-10-11-12-16-21-24-29-35-40-45-53(56)59-50(47-58-52(55)44-39-34-30-25-27-32-37-42-49(4)5)46-57-51(54)43-38-33-28-23-20-18-15-13-14-17-19-22-26-31-36-41-48(2)3/h48-50H,6-47H2,1-5H3/t50-/m0/s1. The van der Waals surface area contributed by atoms with Gasteiger partial charge in [0.25, 0.3) is 0 Å². The maximum Gasteiger partial charge on any atom is 0.306 e. The van der Waals surface area contributed by atoms with Gasteiger partial charge in [-0.05, 0) is 31.1 Å². The van der Waals surface area contributed by atoms with Crippen molar-refractivity contribution >= 4 is 17.9 Å². The quantitative estimate of drug-likeness (QED) is 0.0345. The van der Waals surface area contributed by atoms with E-state index in [1.165, 1.54) is 180 Å². The van der Waals surface area contributed by atoms with Crippen molar-refractivity contribution in [1.29, 1.82) is 0 Å². The van der Waals surface area contributed by atoms with E-state index in [-0.39, 0.29) is 31.1 Å². The summed E-state index contributed by atoms with van der Waals surface area (Å²) in [4.78, 5) is 37.9. The maximum absolute atomic E-state index is 12.8. The zero-order valence-corrected chi connectivity index (χ0v) is 40.4. The third kappa shape index (κ3) is 47.3. The summed E-state index contributed by atoms with van der Waals surface area (Å²) in [6, 6.07) is 0. The second-order valence-corrected chi connectivity index (χ2v) is 19.1. The van der Waals surface area contributed by atoms with Crippen LogP contribution in [0.3, 0.4) is 0 Å². The molecule has 1 atom stereocenters. The van der Waals surface area contributed by atoms with Crippen molar-refractivity contribution in [3.05, 3.63) is 0 Å². The summed E-state index contributed by atoms with van der Waals surface area (Å²) in [6.45, 7) is 11.3. The second-order valence-electron chi connectivity index (χ2n) is 19.1. The van der Waals surface area contributed by atoms with E-state index in [0.717, 1.165) is 69.6 Å². The molecule has 59 heavy (non-hydrogen) atoms. The van der Waals surface area contributed by atoms with Gasteiger partial charge in [0, 0.05) is 19.3 Å². The molecule has 0 fully saturated rings. The monoisotopic (exact) mass is 835 g/mol. The van der Waals surface area contributed by atoms with Gasteiger partial charge in [-0.25, -0.2) is 0 Å². The van der Waals surface area contributed by atoms with Gasteiger partial charge in [-0.15, -0.1) is 0 Å². The van der Waals surface area contributed by atoms with Gasteiger partial charge in [0.15, 0.2) is 6.10 Å². The Labute approximate surface area is 368 Å². The fraction of sp³-hybridized carbons (Fsp3) is 0.943. The Hall–Kier alpha value is -1.59. The summed E-state index contributed by atoms with van der Waals surface area (Å²) >= 11 is 0. The number of carbonyl (C=O) groups is 3. The molecule has 0 unspecified atom stereocenters. The van der Waals surface area contributed by atoms with E-state index in [0.29, 0.717) is 19.3 Å². The Morgan fingerprint density at radius 1 is 0.322 bits per heavy atom. The number of unbranched alkanes of at least 4 members (excludes halogenated alkanes) is 32. The second kappa shape index (κ2) is 45.9. The van der Waals surface area contributed by atoms with Gasteiger partial charge >= 0.3 is 17.9 Å². The first-order valence-electron chi connectivity index (χ1n) is 26.2. The van der Waals surface area contributed by atoms with Crippen LogP contribution in [0, 0.1) is 11.8 Å². The maximum atomic E-state index is 12.8. The average molecular weight is 835 g/mol. The summed E-state index contributed by atoms with van der Waals surface area (Å²) in [5, 5.41) is 0.